The molecule has 4 atom stereocenters. The fourth-order valence-corrected chi connectivity index (χ4v) is 3.01. The van der Waals surface area contributed by atoms with Crippen LogP contribution in [0.25, 0.3) is 0 Å². The zero-order valence-corrected chi connectivity index (χ0v) is 13.4. The van der Waals surface area contributed by atoms with Crippen LogP contribution in [0.4, 0.5) is 5.82 Å². The van der Waals surface area contributed by atoms with Crippen molar-refractivity contribution >= 4 is 30.3 Å². The first-order valence-electron chi connectivity index (χ1n) is 6.68. The summed E-state index contributed by atoms with van der Waals surface area (Å²) < 4.78 is 11.9. The molecule has 1 amide bonds. The third kappa shape index (κ3) is 3.54. The average Bonchev–Trinajstić information content (AvgIpc) is 2.99. The lowest BCUT2D eigenvalue weighted by Gasteiger charge is -2.25. The molecule has 0 radical (unpaired) electrons. The lowest BCUT2D eigenvalue weighted by atomic mass is 10.2. The molecule has 0 aromatic carbocycles. The van der Waals surface area contributed by atoms with Crippen molar-refractivity contribution in [3.63, 3.8) is 0 Å². The van der Waals surface area contributed by atoms with E-state index in [1.807, 2.05) is 0 Å². The van der Waals surface area contributed by atoms with E-state index in [0.29, 0.717) is 5.82 Å². The van der Waals surface area contributed by atoms with Crippen molar-refractivity contribution in [2.45, 2.75) is 31.1 Å². The smallest absolute Gasteiger partial charge is 0.321 e. The number of aliphatic hydroxyl groups excluding tert-OH is 1. The molecule has 13 heteroatoms. The minimum Gasteiger partial charge on any atom is -0.390 e. The van der Waals surface area contributed by atoms with E-state index in [4.69, 9.17) is 24.8 Å². The summed E-state index contributed by atoms with van der Waals surface area (Å²) in [4.78, 5) is 33.9. The lowest BCUT2D eigenvalue weighted by Crippen LogP contribution is -2.51. The Morgan fingerprint density at radius 1 is 1.57 bits per heavy atom. The van der Waals surface area contributed by atoms with Crippen LogP contribution in [0.1, 0.15) is 23.1 Å². The minimum absolute atomic E-state index is 0.172. The zero-order valence-electron chi connectivity index (χ0n) is 11.7. The molecule has 1 saturated heterocycles. The second kappa shape index (κ2) is 6.07. The normalized spacial score (nSPS) is 30.7. The number of aliphatic hydroxyl groups is 1. The lowest BCUT2D eigenvalue weighted by molar-refractivity contribution is -0.0405. The molecule has 128 valence electrons. The molecule has 1 aromatic heterocycles. The number of nitrogens with one attached hydrogen (secondary N) is 2. The maximum atomic E-state index is 11.8. The van der Waals surface area contributed by atoms with Crippen molar-refractivity contribution in [3.8, 4) is 0 Å². The molecule has 0 bridgehead atoms. The second-order valence-electron chi connectivity index (χ2n) is 5.16. The molecule has 2 unspecified atom stereocenters. The molecule has 1 fully saturated rings. The van der Waals surface area contributed by atoms with Gasteiger partial charge in [-0.2, -0.15) is 0 Å². The minimum atomic E-state index is -3.82. The highest BCUT2D eigenvalue weighted by Gasteiger charge is 2.38. The number of imidazole rings is 1. The van der Waals surface area contributed by atoms with Gasteiger partial charge in [0, 0.05) is 6.42 Å². The molecule has 3 rings (SSSR count). The van der Waals surface area contributed by atoms with Gasteiger partial charge in [0.2, 0.25) is 0 Å². The number of rotatable bonds is 4. The highest BCUT2D eigenvalue weighted by Crippen LogP contribution is 2.39. The van der Waals surface area contributed by atoms with Crippen LogP contribution >= 0.6 is 6.72 Å². The summed E-state index contributed by atoms with van der Waals surface area (Å²) in [7, 11) is 0. The van der Waals surface area contributed by atoms with Crippen molar-refractivity contribution in [1.82, 2.24) is 14.9 Å². The number of nitrogens with two attached hydrogens (primary N) is 1. The van der Waals surface area contributed by atoms with Gasteiger partial charge in [-0.05, 0) is 11.8 Å². The van der Waals surface area contributed by atoms with Crippen molar-refractivity contribution < 1.29 is 28.9 Å². The van der Waals surface area contributed by atoms with Crippen molar-refractivity contribution in [2.75, 3.05) is 11.9 Å². The van der Waals surface area contributed by atoms with E-state index in [9.17, 15) is 9.90 Å². The fourth-order valence-electron chi connectivity index (χ4n) is 2.49. The number of amides is 1. The van der Waals surface area contributed by atoms with Crippen LogP contribution in [-0.4, -0.2) is 55.5 Å². The Morgan fingerprint density at radius 2 is 2.30 bits per heavy atom. The Balaban J connectivity index is 1.74. The molecule has 0 aliphatic carbocycles. The van der Waals surface area contributed by atoms with Gasteiger partial charge in [-0.1, -0.05) is 0 Å². The number of carbonyl (C=O) groups is 1. The van der Waals surface area contributed by atoms with Gasteiger partial charge >= 0.3 is 6.72 Å². The molecule has 0 spiro atoms. The van der Waals surface area contributed by atoms with Crippen LogP contribution in [0.3, 0.4) is 0 Å². The Morgan fingerprint density at radius 3 is 3.00 bits per heavy atom. The number of nitrogens with zero attached hydrogens (tertiary/aromatic N) is 2. The molecule has 0 saturated carbocycles. The number of aromatic nitrogens is 2. The number of anilines is 1. The van der Waals surface area contributed by atoms with Crippen molar-refractivity contribution in [2.24, 2.45) is 5.73 Å². The third-order valence-corrected chi connectivity index (χ3v) is 4.31. The first-order valence-corrected chi connectivity index (χ1v) is 9.30. The Hall–Kier alpha value is -1.11. The van der Waals surface area contributed by atoms with E-state index in [-0.39, 0.29) is 18.7 Å². The number of ether oxygens (including phenoxy) is 1. The Bertz CT molecular complexity index is 664. The monoisotopic (exact) mass is 365 g/mol. The molecular weight excluding hydrogens is 349 g/mol. The van der Waals surface area contributed by atoms with Gasteiger partial charge in [-0.15, -0.1) is 0 Å². The van der Waals surface area contributed by atoms with Crippen LogP contribution in [0.5, 0.6) is 0 Å². The summed E-state index contributed by atoms with van der Waals surface area (Å²) >= 11 is 4.35. The predicted molar refractivity (Wildman–Crippen MR) is 80.5 cm³/mol. The summed E-state index contributed by atoms with van der Waals surface area (Å²) in [5.74, 6) is -0.0286. The highest BCUT2D eigenvalue weighted by atomic mass is 32.5. The summed E-state index contributed by atoms with van der Waals surface area (Å²) in [6.07, 6.45) is -1.45. The average molecular weight is 365 g/mol. The van der Waals surface area contributed by atoms with Gasteiger partial charge in [-0.25, -0.2) is 4.98 Å². The maximum absolute atomic E-state index is 11.8. The topological polar surface area (TPSA) is 164 Å². The predicted octanol–water partition coefficient (Wildman–Crippen LogP) is -1.85. The summed E-state index contributed by atoms with van der Waals surface area (Å²) in [6, 6.07) is 0. The quantitative estimate of drug-likeness (QED) is 0.334. The molecule has 2 aliphatic rings. The number of fused-ring (bicyclic) bond motifs is 1. The van der Waals surface area contributed by atoms with E-state index in [1.54, 1.807) is 4.57 Å². The maximum Gasteiger partial charge on any atom is 0.321 e. The molecule has 3 heterocycles. The van der Waals surface area contributed by atoms with Gasteiger partial charge in [0.05, 0.1) is 19.0 Å². The summed E-state index contributed by atoms with van der Waals surface area (Å²) in [5, 5.41) is 15.4. The Kier molecular flexibility index (Phi) is 4.42. The molecule has 11 nitrogen and oxygen atoms in total. The summed E-state index contributed by atoms with van der Waals surface area (Å²) in [5.41, 5.74) is 5.83. The first-order chi connectivity index (χ1) is 10.7. The van der Waals surface area contributed by atoms with Gasteiger partial charge < -0.3 is 34.8 Å². The highest BCUT2D eigenvalue weighted by molar-refractivity contribution is 8.06. The standard InChI is InChI=1S/C10H16N5O6PS/c11-10-13-8-7(9(17)14-10)12-3-15(8)6-1-4(16)5(21-6)2-20-22(18,19)23/h3-6,10,13,16H,1-2,11H2,(H,14,17)(H2,18,19,23)/t4-,5+,6?,10?/m0/s1. The molecule has 2 aliphatic heterocycles. The van der Waals surface area contributed by atoms with Crippen LogP contribution < -0.4 is 16.4 Å². The molecule has 7 N–H and O–H groups in total. The van der Waals surface area contributed by atoms with Crippen molar-refractivity contribution in [1.29, 1.82) is 0 Å². The number of carbonyl (C=O) groups excluding carboxylic acids is 1. The van der Waals surface area contributed by atoms with E-state index in [2.05, 4.69) is 27.4 Å². The van der Waals surface area contributed by atoms with Crippen LogP contribution in [0, 0.1) is 0 Å². The number of hydrogen-bond acceptors (Lipinski definition) is 8. The summed E-state index contributed by atoms with van der Waals surface area (Å²) in [6.45, 7) is -4.08. The second-order valence-corrected chi connectivity index (χ2v) is 7.83. The first kappa shape index (κ1) is 16.7. The van der Waals surface area contributed by atoms with Gasteiger partial charge in [0.1, 0.15) is 18.1 Å². The fraction of sp³-hybridized carbons (Fsp3) is 0.600. The largest absolute Gasteiger partial charge is 0.390 e. The molecule has 1 aromatic rings. The van der Waals surface area contributed by atoms with E-state index in [1.165, 1.54) is 6.33 Å². The van der Waals surface area contributed by atoms with Crippen LogP contribution in [0.15, 0.2) is 6.33 Å². The van der Waals surface area contributed by atoms with Crippen LogP contribution in [0.2, 0.25) is 0 Å². The van der Waals surface area contributed by atoms with Gasteiger partial charge in [0.15, 0.2) is 12.0 Å². The van der Waals surface area contributed by atoms with Crippen molar-refractivity contribution in [3.05, 3.63) is 12.0 Å². The Labute approximate surface area is 135 Å². The van der Waals surface area contributed by atoms with Gasteiger partial charge in [-0.3, -0.25) is 15.1 Å². The van der Waals surface area contributed by atoms with E-state index < -0.39 is 37.4 Å². The molecule has 23 heavy (non-hydrogen) atoms. The van der Waals surface area contributed by atoms with Gasteiger partial charge in [0.25, 0.3) is 5.91 Å². The van der Waals surface area contributed by atoms with Crippen LogP contribution in [-0.2, 0) is 21.1 Å². The van der Waals surface area contributed by atoms with E-state index >= 15 is 0 Å². The number of hydrogen-bond donors (Lipinski definition) is 6. The third-order valence-electron chi connectivity index (χ3n) is 3.51. The van der Waals surface area contributed by atoms with E-state index in [0.717, 1.165) is 0 Å². The molecular formula is C10H16N5O6PS. The zero-order chi connectivity index (χ0) is 16.8. The SMILES string of the molecule is NC1NC(=O)c2ncn(C3C[C@H](O)[C@@H](COP(O)(O)=S)O3)c2N1.